The van der Waals surface area contributed by atoms with E-state index in [0.29, 0.717) is 23.6 Å². The quantitative estimate of drug-likeness (QED) is 0.734. The molecule has 2 aromatic carbocycles. The number of hydrogen-bond acceptors (Lipinski definition) is 5. The first kappa shape index (κ1) is 22.9. The molecule has 1 heterocycles. The first-order chi connectivity index (χ1) is 14.4. The number of nitrogens with zero attached hydrogens (tertiary/aromatic N) is 1. The molecule has 0 aromatic heterocycles. The van der Waals surface area contributed by atoms with Crippen LogP contribution in [0.4, 0.5) is 5.69 Å². The maximum absolute atomic E-state index is 13.0. The van der Waals surface area contributed by atoms with Gasteiger partial charge in [-0.3, -0.25) is 9.10 Å². The minimum absolute atomic E-state index is 0.299. The van der Waals surface area contributed by atoms with Crippen molar-refractivity contribution in [3.63, 3.8) is 0 Å². The Balaban J connectivity index is 1.87. The molecule has 31 heavy (non-hydrogen) atoms. The van der Waals surface area contributed by atoms with Crippen molar-refractivity contribution in [3.05, 3.63) is 53.1 Å². The Kier molecular flexibility index (Phi) is 6.23. The highest BCUT2D eigenvalue weighted by Gasteiger charge is 2.35. The van der Waals surface area contributed by atoms with Crippen molar-refractivity contribution >= 4 is 21.6 Å². The van der Waals surface area contributed by atoms with Crippen LogP contribution in [0.3, 0.4) is 0 Å². The summed E-state index contributed by atoms with van der Waals surface area (Å²) < 4.78 is 37.5. The van der Waals surface area contributed by atoms with Gasteiger partial charge in [-0.1, -0.05) is 12.1 Å². The molecule has 168 valence electrons. The van der Waals surface area contributed by atoms with E-state index in [2.05, 4.69) is 5.32 Å². The number of benzene rings is 2. The van der Waals surface area contributed by atoms with Gasteiger partial charge in [-0.2, -0.15) is 0 Å². The number of sulfonamides is 1. The predicted molar refractivity (Wildman–Crippen MR) is 121 cm³/mol. The zero-order valence-corrected chi connectivity index (χ0v) is 19.7. The van der Waals surface area contributed by atoms with Crippen LogP contribution in [-0.4, -0.2) is 39.8 Å². The third-order valence-corrected chi connectivity index (χ3v) is 6.46. The Morgan fingerprint density at radius 1 is 1.23 bits per heavy atom. The smallest absolute Gasteiger partial charge is 0.241 e. The molecule has 3 rings (SSSR count). The minimum atomic E-state index is -3.65. The molecule has 0 unspecified atom stereocenters. The van der Waals surface area contributed by atoms with Gasteiger partial charge in [0.1, 0.15) is 23.6 Å². The standard InChI is InChI=1S/C23H30N2O5S/c1-15-7-8-16(2)20(11-15)25(31(6,27)28)14-22(26)24-19-13-23(3,4)30-21-12-17(29-5)9-10-18(19)21/h7-12,19H,13-14H2,1-6H3,(H,24,26)/t19-/m1/s1. The van der Waals surface area contributed by atoms with Crippen LogP contribution in [0.5, 0.6) is 11.5 Å². The summed E-state index contributed by atoms with van der Waals surface area (Å²) in [7, 11) is -2.07. The number of aryl methyl sites for hydroxylation is 2. The molecule has 0 fully saturated rings. The number of hydrogen-bond donors (Lipinski definition) is 1. The molecule has 0 saturated heterocycles. The van der Waals surface area contributed by atoms with Gasteiger partial charge < -0.3 is 14.8 Å². The second-order valence-electron chi connectivity index (χ2n) is 8.65. The molecule has 0 spiro atoms. The van der Waals surface area contributed by atoms with Crippen molar-refractivity contribution in [1.82, 2.24) is 5.32 Å². The number of rotatable bonds is 6. The van der Waals surface area contributed by atoms with Crippen LogP contribution in [0.2, 0.25) is 0 Å². The Labute approximate surface area is 184 Å². The van der Waals surface area contributed by atoms with Gasteiger partial charge in [0, 0.05) is 18.1 Å². The second kappa shape index (κ2) is 8.42. The van der Waals surface area contributed by atoms with E-state index >= 15 is 0 Å². The number of anilines is 1. The zero-order chi connectivity index (χ0) is 23.0. The molecular weight excluding hydrogens is 416 g/mol. The molecule has 8 heteroatoms. The molecule has 1 atom stereocenters. The number of methoxy groups -OCH3 is 1. The number of fused-ring (bicyclic) bond motifs is 1. The molecule has 2 aromatic rings. The van der Waals surface area contributed by atoms with Crippen molar-refractivity contribution in [1.29, 1.82) is 0 Å². The summed E-state index contributed by atoms with van der Waals surface area (Å²) in [6.45, 7) is 7.32. The van der Waals surface area contributed by atoms with Crippen LogP contribution in [0, 0.1) is 13.8 Å². The molecule has 1 aliphatic heterocycles. The fourth-order valence-corrected chi connectivity index (χ4v) is 4.73. The van der Waals surface area contributed by atoms with Gasteiger partial charge >= 0.3 is 0 Å². The maximum atomic E-state index is 13.0. The Morgan fingerprint density at radius 3 is 2.58 bits per heavy atom. The summed E-state index contributed by atoms with van der Waals surface area (Å²) in [5.41, 5.74) is 2.56. The number of nitrogens with one attached hydrogen (secondary N) is 1. The Morgan fingerprint density at radius 2 is 1.94 bits per heavy atom. The number of carbonyl (C=O) groups excluding carboxylic acids is 1. The van der Waals surface area contributed by atoms with E-state index in [1.165, 1.54) is 0 Å². The lowest BCUT2D eigenvalue weighted by molar-refractivity contribution is -0.120. The largest absolute Gasteiger partial charge is 0.497 e. The van der Waals surface area contributed by atoms with Gasteiger partial charge in [-0.05, 0) is 57.0 Å². The van der Waals surface area contributed by atoms with Crippen LogP contribution in [-0.2, 0) is 14.8 Å². The van der Waals surface area contributed by atoms with Gasteiger partial charge in [0.15, 0.2) is 0 Å². The topological polar surface area (TPSA) is 84.9 Å². The average Bonchev–Trinajstić information content (AvgIpc) is 2.66. The van der Waals surface area contributed by atoms with E-state index in [0.717, 1.165) is 27.3 Å². The molecule has 0 bridgehead atoms. The van der Waals surface area contributed by atoms with E-state index in [4.69, 9.17) is 9.47 Å². The fraction of sp³-hybridized carbons (Fsp3) is 0.435. The first-order valence-electron chi connectivity index (χ1n) is 10.1. The zero-order valence-electron chi connectivity index (χ0n) is 18.9. The van der Waals surface area contributed by atoms with Crippen LogP contribution < -0.4 is 19.1 Å². The molecule has 1 amide bonds. The second-order valence-corrected chi connectivity index (χ2v) is 10.6. The van der Waals surface area contributed by atoms with Crippen molar-refractivity contribution in [2.24, 2.45) is 0 Å². The number of amides is 1. The van der Waals surface area contributed by atoms with Crippen molar-refractivity contribution < 1.29 is 22.7 Å². The molecular formula is C23H30N2O5S. The van der Waals surface area contributed by atoms with Crippen LogP contribution in [0.1, 0.15) is 43.0 Å². The number of ether oxygens (including phenoxy) is 2. The van der Waals surface area contributed by atoms with Gasteiger partial charge in [0.25, 0.3) is 0 Å². The molecule has 0 aliphatic carbocycles. The van der Waals surface area contributed by atoms with Crippen molar-refractivity contribution in [2.75, 3.05) is 24.2 Å². The molecule has 0 radical (unpaired) electrons. The van der Waals surface area contributed by atoms with Gasteiger partial charge in [-0.25, -0.2) is 8.42 Å². The lowest BCUT2D eigenvalue weighted by atomic mass is 9.89. The Hall–Kier alpha value is -2.74. The minimum Gasteiger partial charge on any atom is -0.497 e. The Bertz CT molecular complexity index is 1100. The summed E-state index contributed by atoms with van der Waals surface area (Å²) in [4.78, 5) is 13.0. The third-order valence-electron chi connectivity index (χ3n) is 5.33. The van der Waals surface area contributed by atoms with Crippen LogP contribution in [0.25, 0.3) is 0 Å². The van der Waals surface area contributed by atoms with E-state index in [9.17, 15) is 13.2 Å². The molecule has 1 aliphatic rings. The normalized spacial score (nSPS) is 17.3. The summed E-state index contributed by atoms with van der Waals surface area (Å²) >= 11 is 0. The van der Waals surface area contributed by atoms with E-state index in [-0.39, 0.29) is 18.5 Å². The summed E-state index contributed by atoms with van der Waals surface area (Å²) in [6.07, 6.45) is 1.67. The first-order valence-corrected chi connectivity index (χ1v) is 12.0. The lowest BCUT2D eigenvalue weighted by Gasteiger charge is -2.38. The van der Waals surface area contributed by atoms with Gasteiger partial charge in [-0.15, -0.1) is 0 Å². The fourth-order valence-electron chi connectivity index (χ4n) is 3.83. The number of carbonyl (C=O) groups is 1. The van der Waals surface area contributed by atoms with E-state index in [1.54, 1.807) is 19.2 Å². The van der Waals surface area contributed by atoms with Gasteiger partial charge in [0.05, 0.1) is 25.1 Å². The van der Waals surface area contributed by atoms with Crippen molar-refractivity contribution in [3.8, 4) is 11.5 Å². The van der Waals surface area contributed by atoms with E-state index < -0.39 is 15.6 Å². The monoisotopic (exact) mass is 446 g/mol. The molecule has 1 N–H and O–H groups in total. The highest BCUT2D eigenvalue weighted by Crippen LogP contribution is 2.41. The maximum Gasteiger partial charge on any atom is 0.241 e. The summed E-state index contributed by atoms with van der Waals surface area (Å²) in [5, 5.41) is 3.01. The third kappa shape index (κ3) is 5.31. The summed E-state index contributed by atoms with van der Waals surface area (Å²) in [5.74, 6) is 0.936. The van der Waals surface area contributed by atoms with Crippen LogP contribution in [0.15, 0.2) is 36.4 Å². The molecule has 0 saturated carbocycles. The highest BCUT2D eigenvalue weighted by atomic mass is 32.2. The molecule has 7 nitrogen and oxygen atoms in total. The predicted octanol–water partition coefficient (Wildman–Crippen LogP) is 3.50. The lowest BCUT2D eigenvalue weighted by Crippen LogP contribution is -2.45. The highest BCUT2D eigenvalue weighted by molar-refractivity contribution is 7.92. The average molecular weight is 447 g/mol. The van der Waals surface area contributed by atoms with Gasteiger partial charge in [0.2, 0.25) is 15.9 Å². The van der Waals surface area contributed by atoms with E-state index in [1.807, 2.05) is 52.0 Å². The van der Waals surface area contributed by atoms with Crippen LogP contribution >= 0.6 is 0 Å². The van der Waals surface area contributed by atoms with Crippen molar-refractivity contribution in [2.45, 2.75) is 45.8 Å². The SMILES string of the molecule is COc1ccc2c(c1)OC(C)(C)C[C@H]2NC(=O)CN(c1cc(C)ccc1C)S(C)(=O)=O. The summed E-state index contributed by atoms with van der Waals surface area (Å²) in [6, 6.07) is 10.7.